The van der Waals surface area contributed by atoms with E-state index in [1.807, 2.05) is 0 Å². The number of fused-ring (bicyclic) bond motifs is 10. The topological polar surface area (TPSA) is 0 Å². The second kappa shape index (κ2) is 13.6. The Morgan fingerprint density at radius 3 is 0.677 bits per heavy atom. The molecular weight excluding hydrogens is 745 g/mol. The van der Waals surface area contributed by atoms with Gasteiger partial charge in [-0.2, -0.15) is 0 Å². The number of benzene rings is 8. The Hall–Kier alpha value is -5.20. The van der Waals surface area contributed by atoms with Gasteiger partial charge in [0.2, 0.25) is 0 Å². The van der Waals surface area contributed by atoms with E-state index in [2.05, 4.69) is 164 Å². The third kappa shape index (κ3) is 4.96. The van der Waals surface area contributed by atoms with Gasteiger partial charge in [0.1, 0.15) is 0 Å². The van der Waals surface area contributed by atoms with E-state index in [4.69, 9.17) is 0 Å². The molecule has 0 aliphatic heterocycles. The summed E-state index contributed by atoms with van der Waals surface area (Å²) in [6, 6.07) is 4.93. The lowest BCUT2D eigenvalue weighted by molar-refractivity contribution is 1.22. The molecule has 0 aromatic heterocycles. The van der Waals surface area contributed by atoms with Gasteiger partial charge in [-0.1, -0.05) is 12.1 Å². The predicted octanol–water partition coefficient (Wildman–Crippen LogP) is 18.1. The molecule has 10 rings (SSSR count). The fourth-order valence-electron chi connectivity index (χ4n) is 12.8. The first kappa shape index (κ1) is 42.1. The molecule has 0 bridgehead atoms. The largest absolute Gasteiger partial charge is 0.0505 e. The van der Waals surface area contributed by atoms with E-state index in [-0.39, 0.29) is 0 Å². The molecule has 0 spiro atoms. The highest BCUT2D eigenvalue weighted by atomic mass is 14.4. The normalized spacial score (nSPS) is 12.4. The van der Waals surface area contributed by atoms with Crippen molar-refractivity contribution < 1.29 is 0 Å². The van der Waals surface area contributed by atoms with Gasteiger partial charge in [0.05, 0.1) is 0 Å². The highest BCUT2D eigenvalue weighted by Crippen LogP contribution is 2.59. The number of aryl methyl sites for hydroxylation is 8. The average molecular weight is 813 g/mol. The van der Waals surface area contributed by atoms with Gasteiger partial charge in [-0.15, -0.1) is 0 Å². The number of hydrogen-bond acceptors (Lipinski definition) is 0. The molecule has 0 N–H and O–H groups in total. The Labute approximate surface area is 372 Å². The lowest BCUT2D eigenvalue weighted by Crippen LogP contribution is -1.98. The molecule has 0 amide bonds. The first-order valence-electron chi connectivity index (χ1n) is 23.2. The molecule has 316 valence electrons. The molecule has 2 aliphatic carbocycles. The molecule has 0 heterocycles. The van der Waals surface area contributed by atoms with Crippen LogP contribution in [0.2, 0.25) is 0 Å². The van der Waals surface area contributed by atoms with Crippen molar-refractivity contribution in [1.82, 2.24) is 0 Å². The van der Waals surface area contributed by atoms with Gasteiger partial charge in [-0.3, -0.25) is 0 Å². The van der Waals surface area contributed by atoms with Crippen LogP contribution < -0.4 is 0 Å². The van der Waals surface area contributed by atoms with Gasteiger partial charge in [-0.05, 0) is 362 Å². The van der Waals surface area contributed by atoms with E-state index in [1.165, 1.54) is 210 Å². The van der Waals surface area contributed by atoms with Crippen LogP contribution in [0.4, 0.5) is 0 Å². The second-order valence-electron chi connectivity index (χ2n) is 20.2. The summed E-state index contributed by atoms with van der Waals surface area (Å²) < 4.78 is 0. The summed E-state index contributed by atoms with van der Waals surface area (Å²) in [6.07, 6.45) is 0. The van der Waals surface area contributed by atoms with E-state index in [0.29, 0.717) is 0 Å². The van der Waals surface area contributed by atoms with E-state index in [0.717, 1.165) is 0 Å². The van der Waals surface area contributed by atoms with Crippen LogP contribution in [0.5, 0.6) is 0 Å². The Kier molecular flexibility index (Phi) is 9.27. The fourth-order valence-corrected chi connectivity index (χ4v) is 12.8. The minimum absolute atomic E-state index is 1.40. The van der Waals surface area contributed by atoms with Gasteiger partial charge < -0.3 is 0 Å². The average Bonchev–Trinajstić information content (AvgIpc) is 3.78. The van der Waals surface area contributed by atoms with Crippen LogP contribution in [0, 0.1) is 152 Å². The van der Waals surface area contributed by atoms with E-state index in [1.54, 1.807) is 0 Å². The van der Waals surface area contributed by atoms with Crippen molar-refractivity contribution in [1.29, 1.82) is 0 Å². The maximum absolute atomic E-state index is 2.47. The van der Waals surface area contributed by atoms with E-state index in [9.17, 15) is 0 Å². The standard InChI is InChI=1S/2C31H34/c2*1-13-12-24-25(18(6)14(13)2)23(11)26-19(7)17(5)22(10)29-27-20(8)15(3)16(4)21(9)28(27)30(24)31(26)29/h2*12H,1-11H3. The van der Waals surface area contributed by atoms with Crippen molar-refractivity contribution in [3.05, 3.63) is 135 Å². The fraction of sp³-hybridized carbons (Fsp3) is 0.355. The van der Waals surface area contributed by atoms with Crippen LogP contribution in [0.1, 0.15) is 122 Å². The van der Waals surface area contributed by atoms with Gasteiger partial charge in [0.15, 0.2) is 0 Å². The lowest BCUT2D eigenvalue weighted by Gasteiger charge is -2.21. The quantitative estimate of drug-likeness (QED) is 0.134. The number of rotatable bonds is 0. The maximum Gasteiger partial charge on any atom is -0.00108 e. The summed E-state index contributed by atoms with van der Waals surface area (Å²) >= 11 is 0. The predicted molar refractivity (Wildman–Crippen MR) is 276 cm³/mol. The van der Waals surface area contributed by atoms with Gasteiger partial charge in [0, 0.05) is 0 Å². The first-order valence-corrected chi connectivity index (χ1v) is 23.2. The molecule has 0 unspecified atom stereocenters. The molecule has 8 aromatic rings. The molecule has 0 atom stereocenters. The van der Waals surface area contributed by atoms with Crippen molar-refractivity contribution in [2.45, 2.75) is 152 Å². The maximum atomic E-state index is 2.47. The van der Waals surface area contributed by atoms with Crippen molar-refractivity contribution in [3.8, 4) is 44.5 Å². The molecule has 2 aliphatic rings. The van der Waals surface area contributed by atoms with Crippen molar-refractivity contribution >= 4 is 43.1 Å². The summed E-state index contributed by atoms with van der Waals surface area (Å²) in [5.74, 6) is 0. The zero-order valence-corrected chi connectivity index (χ0v) is 42.2. The van der Waals surface area contributed by atoms with Crippen molar-refractivity contribution in [3.63, 3.8) is 0 Å². The summed E-state index contributed by atoms with van der Waals surface area (Å²) in [6.45, 7) is 51.0. The third-order valence-electron chi connectivity index (χ3n) is 18.0. The molecule has 0 saturated heterocycles. The number of hydrogen-bond donors (Lipinski definition) is 0. The summed E-state index contributed by atoms with van der Waals surface area (Å²) in [5.41, 5.74) is 43.6. The molecule has 0 heteroatoms. The minimum atomic E-state index is 1.40. The third-order valence-corrected chi connectivity index (χ3v) is 18.0. The van der Waals surface area contributed by atoms with Crippen LogP contribution in [-0.4, -0.2) is 0 Å². The Balaban J connectivity index is 0.000000158. The molecule has 0 nitrogen and oxygen atoms in total. The zero-order valence-electron chi connectivity index (χ0n) is 42.2. The molecule has 0 radical (unpaired) electrons. The lowest BCUT2D eigenvalue weighted by atomic mass is 9.83. The van der Waals surface area contributed by atoms with Crippen LogP contribution in [0.15, 0.2) is 12.1 Å². The zero-order chi connectivity index (χ0) is 45.4. The SMILES string of the molecule is Cc1cc2c3c4c(c(C)c(C)c(C)c4c(C)c2c(C)c1C)-c1c(C)c(C)c(C)c(C)c1-3.Cc1cc2c3c4c(c(C)c(C)c(C)c4c(C)c2c(C)c1C)-c1c(C)c(C)c(C)c(C)c1-3. The monoisotopic (exact) mass is 813 g/mol. The van der Waals surface area contributed by atoms with E-state index >= 15 is 0 Å². The first-order chi connectivity index (χ1) is 29.0. The smallest absolute Gasteiger partial charge is 0.00108 e. The Bertz CT molecular complexity index is 3250. The van der Waals surface area contributed by atoms with Gasteiger partial charge in [-0.25, -0.2) is 0 Å². The van der Waals surface area contributed by atoms with Crippen molar-refractivity contribution in [2.75, 3.05) is 0 Å². The van der Waals surface area contributed by atoms with Crippen LogP contribution in [-0.2, 0) is 0 Å². The summed E-state index contributed by atoms with van der Waals surface area (Å²) in [7, 11) is 0. The summed E-state index contributed by atoms with van der Waals surface area (Å²) in [4.78, 5) is 0. The highest BCUT2D eigenvalue weighted by Gasteiger charge is 2.35. The van der Waals surface area contributed by atoms with Crippen molar-refractivity contribution in [2.24, 2.45) is 0 Å². The van der Waals surface area contributed by atoms with Crippen LogP contribution in [0.3, 0.4) is 0 Å². The molecule has 0 fully saturated rings. The molecular formula is C62H68. The Morgan fingerprint density at radius 2 is 0.387 bits per heavy atom. The molecule has 8 aromatic carbocycles. The second-order valence-corrected chi connectivity index (χ2v) is 20.2. The molecule has 0 saturated carbocycles. The van der Waals surface area contributed by atoms with Crippen LogP contribution in [0.25, 0.3) is 87.6 Å². The highest BCUT2D eigenvalue weighted by molar-refractivity contribution is 6.29. The van der Waals surface area contributed by atoms with Gasteiger partial charge in [0.25, 0.3) is 0 Å². The molecule has 62 heavy (non-hydrogen) atoms. The minimum Gasteiger partial charge on any atom is -0.0505 e. The Morgan fingerprint density at radius 1 is 0.161 bits per heavy atom. The van der Waals surface area contributed by atoms with Gasteiger partial charge >= 0.3 is 0 Å². The van der Waals surface area contributed by atoms with Crippen LogP contribution >= 0.6 is 0 Å². The summed E-state index contributed by atoms with van der Waals surface area (Å²) in [5, 5.41) is 11.8. The van der Waals surface area contributed by atoms with E-state index < -0.39 is 0 Å².